The first-order valence-corrected chi connectivity index (χ1v) is 10.3. The number of halogens is 1. The van der Waals surface area contributed by atoms with E-state index in [1.54, 1.807) is 25.1 Å². The SMILES string of the molecule is CCOC(=O)c1ccc2c(c1)NC(=O)/C2=C(\Nc1ccc(Br)cc1)c1ccccc1. The van der Waals surface area contributed by atoms with Crippen molar-refractivity contribution in [3.63, 3.8) is 0 Å². The molecule has 30 heavy (non-hydrogen) atoms. The molecule has 3 aromatic rings. The van der Waals surface area contributed by atoms with Crippen molar-refractivity contribution >= 4 is 50.5 Å². The van der Waals surface area contributed by atoms with Gasteiger partial charge in [0.25, 0.3) is 5.91 Å². The largest absolute Gasteiger partial charge is 0.462 e. The molecule has 0 aromatic heterocycles. The van der Waals surface area contributed by atoms with Crippen LogP contribution in [0.3, 0.4) is 0 Å². The normalized spacial score (nSPS) is 14.0. The summed E-state index contributed by atoms with van der Waals surface area (Å²) in [5.41, 5.74) is 4.68. The Morgan fingerprint density at radius 2 is 1.73 bits per heavy atom. The first-order chi connectivity index (χ1) is 14.6. The van der Waals surface area contributed by atoms with Gasteiger partial charge in [-0.1, -0.05) is 52.3 Å². The molecule has 5 nitrogen and oxygen atoms in total. The van der Waals surface area contributed by atoms with Gasteiger partial charge in [-0.15, -0.1) is 0 Å². The second-order valence-corrected chi connectivity index (χ2v) is 7.60. The fourth-order valence-electron chi connectivity index (χ4n) is 3.32. The van der Waals surface area contributed by atoms with Crippen molar-refractivity contribution in [3.8, 4) is 0 Å². The van der Waals surface area contributed by atoms with E-state index in [-0.39, 0.29) is 5.91 Å². The molecular formula is C24H19BrN2O3. The Labute approximate surface area is 182 Å². The Kier molecular flexibility index (Phi) is 5.68. The lowest BCUT2D eigenvalue weighted by Crippen LogP contribution is -2.10. The van der Waals surface area contributed by atoms with Crippen LogP contribution in [0, 0.1) is 0 Å². The number of benzene rings is 3. The molecule has 4 rings (SSSR count). The van der Waals surface area contributed by atoms with E-state index in [0.717, 1.165) is 21.3 Å². The second-order valence-electron chi connectivity index (χ2n) is 6.68. The number of amides is 1. The third kappa shape index (κ3) is 4.00. The van der Waals surface area contributed by atoms with E-state index >= 15 is 0 Å². The standard InChI is InChI=1S/C24H19BrN2O3/c1-2-30-24(29)16-8-13-19-20(14-16)27-23(28)21(19)22(15-6-4-3-5-7-15)26-18-11-9-17(25)10-12-18/h3-14,26H,2H2,1H3,(H,27,28)/b22-21-. The van der Waals surface area contributed by atoms with Crippen molar-refractivity contribution in [2.45, 2.75) is 6.92 Å². The first-order valence-electron chi connectivity index (χ1n) is 9.52. The molecule has 6 heteroatoms. The molecule has 1 amide bonds. The van der Waals surface area contributed by atoms with Crippen LogP contribution in [0.25, 0.3) is 11.3 Å². The number of carbonyl (C=O) groups excluding carboxylic acids is 2. The molecule has 0 aliphatic carbocycles. The molecular weight excluding hydrogens is 444 g/mol. The molecule has 1 aliphatic heterocycles. The Morgan fingerprint density at radius 1 is 1.00 bits per heavy atom. The van der Waals surface area contributed by atoms with Crippen LogP contribution in [0.1, 0.15) is 28.4 Å². The lowest BCUT2D eigenvalue weighted by Gasteiger charge is -2.15. The number of anilines is 2. The van der Waals surface area contributed by atoms with E-state index in [0.29, 0.717) is 29.1 Å². The second kappa shape index (κ2) is 8.55. The third-order valence-corrected chi connectivity index (χ3v) is 5.23. The first kappa shape index (κ1) is 19.9. The molecule has 0 atom stereocenters. The van der Waals surface area contributed by atoms with Gasteiger partial charge in [0.1, 0.15) is 0 Å². The lowest BCUT2D eigenvalue weighted by molar-refractivity contribution is -0.110. The predicted molar refractivity (Wildman–Crippen MR) is 122 cm³/mol. The maximum absolute atomic E-state index is 13.0. The van der Waals surface area contributed by atoms with Crippen LogP contribution < -0.4 is 10.6 Å². The van der Waals surface area contributed by atoms with Gasteiger partial charge in [-0.25, -0.2) is 4.79 Å². The molecule has 0 spiro atoms. The van der Waals surface area contributed by atoms with E-state index in [9.17, 15) is 9.59 Å². The summed E-state index contributed by atoms with van der Waals surface area (Å²) in [6.45, 7) is 2.05. The van der Waals surface area contributed by atoms with Crippen LogP contribution in [-0.2, 0) is 9.53 Å². The minimum Gasteiger partial charge on any atom is -0.462 e. The summed E-state index contributed by atoms with van der Waals surface area (Å²) in [6.07, 6.45) is 0. The van der Waals surface area contributed by atoms with Crippen molar-refractivity contribution in [1.82, 2.24) is 0 Å². The van der Waals surface area contributed by atoms with Crippen molar-refractivity contribution in [2.75, 3.05) is 17.2 Å². The maximum atomic E-state index is 13.0. The third-order valence-electron chi connectivity index (χ3n) is 4.70. The van der Waals surface area contributed by atoms with E-state index in [1.165, 1.54) is 0 Å². The van der Waals surface area contributed by atoms with Gasteiger partial charge in [0.05, 0.1) is 29.1 Å². The molecule has 3 aromatic carbocycles. The van der Waals surface area contributed by atoms with Gasteiger partial charge in [-0.2, -0.15) is 0 Å². The van der Waals surface area contributed by atoms with Crippen molar-refractivity contribution in [1.29, 1.82) is 0 Å². The molecule has 150 valence electrons. The predicted octanol–water partition coefficient (Wildman–Crippen LogP) is 5.56. The Bertz CT molecular complexity index is 1140. The molecule has 1 aliphatic rings. The molecule has 0 unspecified atom stereocenters. The van der Waals surface area contributed by atoms with Crippen LogP contribution in [0.4, 0.5) is 11.4 Å². The number of rotatable bonds is 5. The average Bonchev–Trinajstić information content (AvgIpc) is 3.09. The molecule has 1 heterocycles. The number of fused-ring (bicyclic) bond motifs is 1. The zero-order valence-corrected chi connectivity index (χ0v) is 17.8. The lowest BCUT2D eigenvalue weighted by atomic mass is 9.99. The van der Waals surface area contributed by atoms with Crippen molar-refractivity contribution < 1.29 is 14.3 Å². The maximum Gasteiger partial charge on any atom is 0.338 e. The van der Waals surface area contributed by atoms with Gasteiger partial charge in [-0.3, -0.25) is 4.79 Å². The van der Waals surface area contributed by atoms with Gasteiger partial charge in [-0.05, 0) is 48.9 Å². The summed E-state index contributed by atoms with van der Waals surface area (Å²) >= 11 is 3.44. The highest BCUT2D eigenvalue weighted by Gasteiger charge is 2.29. The fourth-order valence-corrected chi connectivity index (χ4v) is 3.59. The Hall–Kier alpha value is -3.38. The number of esters is 1. The van der Waals surface area contributed by atoms with Gasteiger partial charge in [0, 0.05) is 15.7 Å². The van der Waals surface area contributed by atoms with Gasteiger partial charge < -0.3 is 15.4 Å². The molecule has 0 fully saturated rings. The smallest absolute Gasteiger partial charge is 0.338 e. The highest BCUT2D eigenvalue weighted by molar-refractivity contribution is 9.10. The number of hydrogen-bond acceptors (Lipinski definition) is 4. The van der Waals surface area contributed by atoms with Crippen LogP contribution in [0.15, 0.2) is 77.3 Å². The Morgan fingerprint density at radius 3 is 2.43 bits per heavy atom. The number of hydrogen-bond donors (Lipinski definition) is 2. The molecule has 0 saturated carbocycles. The zero-order chi connectivity index (χ0) is 21.1. The van der Waals surface area contributed by atoms with Crippen molar-refractivity contribution in [2.24, 2.45) is 0 Å². The topological polar surface area (TPSA) is 67.4 Å². The van der Waals surface area contributed by atoms with Crippen LogP contribution in [-0.4, -0.2) is 18.5 Å². The number of nitrogens with one attached hydrogen (secondary N) is 2. The highest BCUT2D eigenvalue weighted by atomic mass is 79.9. The van der Waals surface area contributed by atoms with E-state index in [1.807, 2.05) is 54.6 Å². The number of carbonyl (C=O) groups is 2. The van der Waals surface area contributed by atoms with E-state index < -0.39 is 5.97 Å². The van der Waals surface area contributed by atoms with E-state index in [2.05, 4.69) is 26.6 Å². The summed E-state index contributed by atoms with van der Waals surface area (Å²) in [6, 6.07) is 22.5. The number of ether oxygens (including phenoxy) is 1. The molecule has 0 bridgehead atoms. The fraction of sp³-hybridized carbons (Fsp3) is 0.0833. The summed E-state index contributed by atoms with van der Waals surface area (Å²) in [5.74, 6) is -0.641. The monoisotopic (exact) mass is 462 g/mol. The van der Waals surface area contributed by atoms with Gasteiger partial charge in [0.15, 0.2) is 0 Å². The van der Waals surface area contributed by atoms with Crippen molar-refractivity contribution in [3.05, 3.63) is 94.0 Å². The van der Waals surface area contributed by atoms with Gasteiger partial charge in [0.2, 0.25) is 0 Å². The summed E-state index contributed by atoms with van der Waals surface area (Å²) in [4.78, 5) is 25.0. The minimum atomic E-state index is -0.414. The summed E-state index contributed by atoms with van der Waals surface area (Å²) < 4.78 is 6.04. The molecule has 0 radical (unpaired) electrons. The van der Waals surface area contributed by atoms with E-state index in [4.69, 9.17) is 4.74 Å². The van der Waals surface area contributed by atoms with Crippen LogP contribution >= 0.6 is 15.9 Å². The Balaban J connectivity index is 1.83. The van der Waals surface area contributed by atoms with Gasteiger partial charge >= 0.3 is 5.97 Å². The van der Waals surface area contributed by atoms with Crippen LogP contribution in [0.2, 0.25) is 0 Å². The average molecular weight is 463 g/mol. The summed E-state index contributed by atoms with van der Waals surface area (Å²) in [5, 5.41) is 6.28. The zero-order valence-electron chi connectivity index (χ0n) is 16.2. The summed E-state index contributed by atoms with van der Waals surface area (Å²) in [7, 11) is 0. The van der Waals surface area contributed by atoms with Crippen LogP contribution in [0.5, 0.6) is 0 Å². The highest BCUT2D eigenvalue weighted by Crippen LogP contribution is 2.38. The molecule has 0 saturated heterocycles. The minimum absolute atomic E-state index is 0.227. The quantitative estimate of drug-likeness (QED) is 0.384. The molecule has 2 N–H and O–H groups in total.